The maximum absolute atomic E-state index is 12.0. The second-order valence-corrected chi connectivity index (χ2v) is 4.74. The molecule has 1 fully saturated rings. The summed E-state index contributed by atoms with van der Waals surface area (Å²) in [6.45, 7) is 6.71. The third kappa shape index (κ3) is 4.18. The van der Waals surface area contributed by atoms with E-state index >= 15 is 0 Å². The van der Waals surface area contributed by atoms with Gasteiger partial charge in [0.25, 0.3) is 0 Å². The highest BCUT2D eigenvalue weighted by Crippen LogP contribution is 2.09. The Labute approximate surface area is 108 Å². The van der Waals surface area contributed by atoms with Crippen LogP contribution in [0.5, 0.6) is 0 Å². The molecule has 1 saturated heterocycles. The summed E-state index contributed by atoms with van der Waals surface area (Å²) in [4.78, 5) is 24.8. The van der Waals surface area contributed by atoms with Gasteiger partial charge in [-0.1, -0.05) is 20.3 Å². The largest absolute Gasteiger partial charge is 0.480 e. The van der Waals surface area contributed by atoms with Crippen LogP contribution in [0, 0.1) is 5.92 Å². The summed E-state index contributed by atoms with van der Waals surface area (Å²) in [7, 11) is 0. The monoisotopic (exact) mass is 257 g/mol. The Morgan fingerprint density at radius 2 is 2.11 bits per heavy atom. The van der Waals surface area contributed by atoms with Gasteiger partial charge in [-0.15, -0.1) is 0 Å². The standard InChI is InChI=1S/C12H23N3O3/c1-3-9(2)10(11(16)17)14-12(18)15-7-4-5-13-6-8-15/h9-10,13H,3-8H2,1-2H3,(H,14,18)(H,16,17)/t9-,10-/m0/s1. The Kier molecular flexibility index (Phi) is 5.91. The van der Waals surface area contributed by atoms with Gasteiger partial charge in [0.2, 0.25) is 0 Å². The molecule has 0 spiro atoms. The number of carboxylic acids is 1. The quantitative estimate of drug-likeness (QED) is 0.684. The maximum atomic E-state index is 12.0. The topological polar surface area (TPSA) is 81.7 Å². The van der Waals surface area contributed by atoms with E-state index in [1.807, 2.05) is 13.8 Å². The molecule has 0 radical (unpaired) electrons. The molecule has 0 bridgehead atoms. The summed E-state index contributed by atoms with van der Waals surface area (Å²) in [5.74, 6) is -1.04. The predicted octanol–water partition coefficient (Wildman–Crippen LogP) is 0.491. The molecule has 1 heterocycles. The molecule has 18 heavy (non-hydrogen) atoms. The van der Waals surface area contributed by atoms with Crippen LogP contribution in [0.1, 0.15) is 26.7 Å². The Morgan fingerprint density at radius 3 is 2.72 bits per heavy atom. The minimum absolute atomic E-state index is 0.0726. The van der Waals surface area contributed by atoms with Crippen molar-refractivity contribution in [1.82, 2.24) is 15.5 Å². The first-order chi connectivity index (χ1) is 8.56. The summed E-state index contributed by atoms with van der Waals surface area (Å²) in [6.07, 6.45) is 1.62. The molecule has 1 aliphatic heterocycles. The minimum atomic E-state index is -0.967. The number of carbonyl (C=O) groups is 2. The average Bonchev–Trinajstić information content (AvgIpc) is 2.63. The number of nitrogens with zero attached hydrogens (tertiary/aromatic N) is 1. The first-order valence-electron chi connectivity index (χ1n) is 6.55. The third-order valence-electron chi connectivity index (χ3n) is 3.39. The van der Waals surface area contributed by atoms with Crippen LogP contribution < -0.4 is 10.6 Å². The van der Waals surface area contributed by atoms with E-state index in [4.69, 9.17) is 5.11 Å². The molecule has 1 aliphatic rings. The van der Waals surface area contributed by atoms with Gasteiger partial charge >= 0.3 is 12.0 Å². The zero-order chi connectivity index (χ0) is 13.5. The number of urea groups is 1. The number of rotatable bonds is 4. The van der Waals surface area contributed by atoms with Crippen molar-refractivity contribution in [3.63, 3.8) is 0 Å². The fraction of sp³-hybridized carbons (Fsp3) is 0.833. The Hall–Kier alpha value is -1.30. The fourth-order valence-electron chi connectivity index (χ4n) is 1.96. The molecule has 6 heteroatoms. The molecule has 6 nitrogen and oxygen atoms in total. The number of hydrogen-bond donors (Lipinski definition) is 3. The molecule has 0 aromatic carbocycles. The second kappa shape index (κ2) is 7.20. The number of amides is 2. The molecule has 0 aliphatic carbocycles. The normalized spacial score (nSPS) is 19.8. The van der Waals surface area contributed by atoms with Crippen molar-refractivity contribution in [3.8, 4) is 0 Å². The average molecular weight is 257 g/mol. The Bertz CT molecular complexity index is 288. The zero-order valence-corrected chi connectivity index (χ0v) is 11.1. The van der Waals surface area contributed by atoms with Crippen molar-refractivity contribution in [2.45, 2.75) is 32.7 Å². The number of carboxylic acid groups (broad SMARTS) is 1. The summed E-state index contributed by atoms with van der Waals surface area (Å²) in [6, 6.07) is -1.08. The molecule has 0 saturated carbocycles. The molecule has 1 rings (SSSR count). The van der Waals surface area contributed by atoms with Gasteiger partial charge in [0, 0.05) is 19.6 Å². The number of carbonyl (C=O) groups excluding carboxylic acids is 1. The van der Waals surface area contributed by atoms with E-state index in [1.165, 1.54) is 0 Å². The number of aliphatic carboxylic acids is 1. The molecule has 2 atom stereocenters. The molecule has 0 unspecified atom stereocenters. The number of nitrogens with one attached hydrogen (secondary N) is 2. The molecule has 104 valence electrons. The van der Waals surface area contributed by atoms with E-state index < -0.39 is 12.0 Å². The fourth-order valence-corrected chi connectivity index (χ4v) is 1.96. The highest BCUT2D eigenvalue weighted by atomic mass is 16.4. The van der Waals surface area contributed by atoms with E-state index in [-0.39, 0.29) is 11.9 Å². The third-order valence-corrected chi connectivity index (χ3v) is 3.39. The van der Waals surface area contributed by atoms with Gasteiger partial charge in [0.15, 0.2) is 0 Å². The van der Waals surface area contributed by atoms with Gasteiger partial charge in [-0.25, -0.2) is 9.59 Å². The highest BCUT2D eigenvalue weighted by Gasteiger charge is 2.27. The molecule has 2 amide bonds. The van der Waals surface area contributed by atoms with Gasteiger partial charge in [0.05, 0.1) is 0 Å². The lowest BCUT2D eigenvalue weighted by Gasteiger charge is -2.25. The summed E-state index contributed by atoms with van der Waals surface area (Å²) >= 11 is 0. The maximum Gasteiger partial charge on any atom is 0.326 e. The second-order valence-electron chi connectivity index (χ2n) is 4.74. The van der Waals surface area contributed by atoms with Crippen molar-refractivity contribution in [2.24, 2.45) is 5.92 Å². The van der Waals surface area contributed by atoms with Crippen LogP contribution in [0.25, 0.3) is 0 Å². The van der Waals surface area contributed by atoms with Crippen LogP contribution in [0.15, 0.2) is 0 Å². The van der Waals surface area contributed by atoms with E-state index in [9.17, 15) is 9.59 Å². The van der Waals surface area contributed by atoms with E-state index in [0.717, 1.165) is 25.9 Å². The summed E-state index contributed by atoms with van der Waals surface area (Å²) in [5.41, 5.74) is 0. The van der Waals surface area contributed by atoms with Crippen molar-refractivity contribution >= 4 is 12.0 Å². The lowest BCUT2D eigenvalue weighted by molar-refractivity contribution is -0.140. The van der Waals surface area contributed by atoms with E-state index in [1.54, 1.807) is 4.90 Å². The molecule has 3 N–H and O–H groups in total. The Balaban J connectivity index is 2.56. The molecular weight excluding hydrogens is 234 g/mol. The van der Waals surface area contributed by atoms with Crippen LogP contribution >= 0.6 is 0 Å². The molecule has 0 aromatic heterocycles. The first kappa shape index (κ1) is 14.8. The van der Waals surface area contributed by atoms with Crippen LogP contribution in [-0.4, -0.2) is 54.2 Å². The molecular formula is C12H23N3O3. The first-order valence-corrected chi connectivity index (χ1v) is 6.55. The van der Waals surface area contributed by atoms with Crippen LogP contribution in [-0.2, 0) is 4.79 Å². The summed E-state index contributed by atoms with van der Waals surface area (Å²) in [5, 5.41) is 15.0. The van der Waals surface area contributed by atoms with Crippen molar-refractivity contribution in [2.75, 3.05) is 26.2 Å². The van der Waals surface area contributed by atoms with Gasteiger partial charge in [-0.05, 0) is 18.9 Å². The zero-order valence-electron chi connectivity index (χ0n) is 11.1. The lowest BCUT2D eigenvalue weighted by atomic mass is 9.99. The smallest absolute Gasteiger partial charge is 0.326 e. The van der Waals surface area contributed by atoms with Crippen LogP contribution in [0.2, 0.25) is 0 Å². The summed E-state index contributed by atoms with van der Waals surface area (Å²) < 4.78 is 0. The van der Waals surface area contributed by atoms with E-state index in [2.05, 4.69) is 10.6 Å². The van der Waals surface area contributed by atoms with Gasteiger partial charge in [0.1, 0.15) is 6.04 Å². The SMILES string of the molecule is CC[C@H](C)[C@H](NC(=O)N1CCCNCC1)C(=O)O. The predicted molar refractivity (Wildman–Crippen MR) is 68.5 cm³/mol. The van der Waals surface area contributed by atoms with Gasteiger partial charge < -0.3 is 20.6 Å². The van der Waals surface area contributed by atoms with Gasteiger partial charge in [-0.2, -0.15) is 0 Å². The van der Waals surface area contributed by atoms with E-state index in [0.29, 0.717) is 13.1 Å². The van der Waals surface area contributed by atoms with Crippen LogP contribution in [0.3, 0.4) is 0 Å². The minimum Gasteiger partial charge on any atom is -0.480 e. The van der Waals surface area contributed by atoms with Crippen molar-refractivity contribution < 1.29 is 14.7 Å². The van der Waals surface area contributed by atoms with Crippen molar-refractivity contribution in [1.29, 1.82) is 0 Å². The molecule has 0 aromatic rings. The lowest BCUT2D eigenvalue weighted by Crippen LogP contribution is -2.51. The Morgan fingerprint density at radius 1 is 1.39 bits per heavy atom. The van der Waals surface area contributed by atoms with Crippen molar-refractivity contribution in [3.05, 3.63) is 0 Å². The van der Waals surface area contributed by atoms with Gasteiger partial charge in [-0.3, -0.25) is 0 Å². The number of hydrogen-bond acceptors (Lipinski definition) is 3. The van der Waals surface area contributed by atoms with Crippen LogP contribution in [0.4, 0.5) is 4.79 Å². The highest BCUT2D eigenvalue weighted by molar-refractivity contribution is 5.82.